The van der Waals surface area contributed by atoms with Gasteiger partial charge >= 0.3 is 18.6 Å². The van der Waals surface area contributed by atoms with Crippen LogP contribution in [-0.2, 0) is 11.3 Å². The fraction of sp³-hybridized carbons (Fsp3) is 0.222. The van der Waals surface area contributed by atoms with Gasteiger partial charge in [-0.3, -0.25) is 20.0 Å². The number of anilines is 1. The number of hydrogen-bond donors (Lipinski definition) is 2. The molecule has 174 valence electrons. The van der Waals surface area contributed by atoms with E-state index in [-0.39, 0.29) is 10.2 Å². The molecule has 0 aliphatic carbocycles. The summed E-state index contributed by atoms with van der Waals surface area (Å²) in [5.41, 5.74) is -3.15. The maximum absolute atomic E-state index is 14.0. The number of amides is 3. The molecule has 1 atom stereocenters. The molecule has 0 bridgehead atoms. The number of nitrogens with one attached hydrogen (secondary N) is 2. The van der Waals surface area contributed by atoms with Crippen LogP contribution in [0, 0.1) is 0 Å². The van der Waals surface area contributed by atoms with E-state index in [4.69, 9.17) is 0 Å². The molecule has 0 spiro atoms. The van der Waals surface area contributed by atoms with Crippen molar-refractivity contribution >= 4 is 38.6 Å². The van der Waals surface area contributed by atoms with Crippen LogP contribution in [0.15, 0.2) is 42.7 Å². The molecule has 15 heteroatoms. The first-order valence-corrected chi connectivity index (χ1v) is 9.74. The van der Waals surface area contributed by atoms with Crippen molar-refractivity contribution in [3.8, 4) is 5.75 Å². The van der Waals surface area contributed by atoms with Crippen LogP contribution < -0.4 is 15.4 Å². The Hall–Kier alpha value is -3.62. The van der Waals surface area contributed by atoms with E-state index < -0.39 is 47.6 Å². The van der Waals surface area contributed by atoms with Gasteiger partial charge < -0.3 is 10.1 Å². The third-order valence-electron chi connectivity index (χ3n) is 4.48. The standard InChI is InChI=1S/C18H11F6N5O3S/c19-17(20,21)16(13(30)29(15(31)28-16)8-9-2-1-5-25-7-9)27-14-26-11-4-3-10(6-12(11)33-14)32-18(22,23)24/h1-7H,8H2,(H,26,27)(H,28,31)/t16-/m0/s1. The lowest BCUT2D eigenvalue weighted by Gasteiger charge is -2.29. The third-order valence-corrected chi connectivity index (χ3v) is 5.42. The largest absolute Gasteiger partial charge is 0.573 e. The summed E-state index contributed by atoms with van der Waals surface area (Å²) >= 11 is 0.546. The lowest BCUT2D eigenvalue weighted by molar-refractivity contribution is -0.274. The van der Waals surface area contributed by atoms with Gasteiger partial charge in [0, 0.05) is 18.5 Å². The highest BCUT2D eigenvalue weighted by atomic mass is 32.1. The van der Waals surface area contributed by atoms with Gasteiger partial charge in [0.25, 0.3) is 11.6 Å². The van der Waals surface area contributed by atoms with E-state index in [1.807, 2.05) is 5.32 Å². The van der Waals surface area contributed by atoms with Crippen LogP contribution in [-0.4, -0.2) is 45.0 Å². The second-order valence-corrected chi connectivity index (χ2v) is 7.78. The predicted octanol–water partition coefficient (Wildman–Crippen LogP) is 4.01. The van der Waals surface area contributed by atoms with Gasteiger partial charge in [0.1, 0.15) is 5.75 Å². The number of aromatic nitrogens is 2. The Kier molecular flexibility index (Phi) is 5.30. The van der Waals surface area contributed by atoms with Crippen LogP contribution in [0.3, 0.4) is 0 Å². The first-order chi connectivity index (χ1) is 15.4. The minimum absolute atomic E-state index is 0.0540. The van der Waals surface area contributed by atoms with E-state index in [0.717, 1.165) is 18.2 Å². The number of imide groups is 1. The fourth-order valence-electron chi connectivity index (χ4n) is 3.06. The monoisotopic (exact) mass is 491 g/mol. The van der Waals surface area contributed by atoms with Crippen molar-refractivity contribution in [1.82, 2.24) is 20.2 Å². The number of pyridine rings is 1. The Morgan fingerprint density at radius 3 is 2.55 bits per heavy atom. The Labute approximate surface area is 184 Å². The summed E-state index contributed by atoms with van der Waals surface area (Å²) in [5.74, 6) is -2.21. The van der Waals surface area contributed by atoms with Gasteiger partial charge in [-0.1, -0.05) is 17.4 Å². The molecule has 3 heterocycles. The van der Waals surface area contributed by atoms with Gasteiger partial charge in [-0.25, -0.2) is 9.78 Å². The maximum Gasteiger partial charge on any atom is 0.573 e. The molecule has 1 saturated heterocycles. The van der Waals surface area contributed by atoms with E-state index in [9.17, 15) is 35.9 Å². The zero-order valence-electron chi connectivity index (χ0n) is 16.0. The molecule has 33 heavy (non-hydrogen) atoms. The number of ether oxygens (including phenoxy) is 1. The van der Waals surface area contributed by atoms with Gasteiger partial charge in [-0.2, -0.15) is 13.2 Å². The first kappa shape index (κ1) is 22.6. The topological polar surface area (TPSA) is 96.4 Å². The molecule has 4 rings (SSSR count). The van der Waals surface area contributed by atoms with Crippen LogP contribution in [0.2, 0.25) is 0 Å². The minimum atomic E-state index is -5.29. The molecule has 1 aliphatic rings. The fourth-order valence-corrected chi connectivity index (χ4v) is 4.01. The van der Waals surface area contributed by atoms with Crippen molar-refractivity contribution in [2.45, 2.75) is 24.7 Å². The van der Waals surface area contributed by atoms with Crippen LogP contribution in [0.1, 0.15) is 5.56 Å². The number of thiazole rings is 1. The van der Waals surface area contributed by atoms with Crippen molar-refractivity contribution in [2.24, 2.45) is 0 Å². The highest BCUT2D eigenvalue weighted by Crippen LogP contribution is 2.39. The summed E-state index contributed by atoms with van der Waals surface area (Å²) in [7, 11) is 0. The van der Waals surface area contributed by atoms with Gasteiger partial charge in [0.15, 0.2) is 5.13 Å². The van der Waals surface area contributed by atoms with Gasteiger partial charge in [0.2, 0.25) is 0 Å². The summed E-state index contributed by atoms with van der Waals surface area (Å²) in [5, 5.41) is 3.11. The highest BCUT2D eigenvalue weighted by Gasteiger charge is 2.68. The minimum Gasteiger partial charge on any atom is -0.406 e. The number of rotatable bonds is 5. The molecule has 1 aromatic carbocycles. The molecule has 2 aromatic heterocycles. The molecule has 1 aliphatic heterocycles. The van der Waals surface area contributed by atoms with Gasteiger partial charge in [-0.05, 0) is 23.8 Å². The number of fused-ring (bicyclic) bond motifs is 1. The normalized spacial score (nSPS) is 19.2. The second-order valence-electron chi connectivity index (χ2n) is 6.75. The predicted molar refractivity (Wildman–Crippen MR) is 102 cm³/mol. The molecule has 3 amide bonds. The van der Waals surface area contributed by atoms with Crippen molar-refractivity contribution in [3.63, 3.8) is 0 Å². The Morgan fingerprint density at radius 2 is 1.91 bits per heavy atom. The summed E-state index contributed by atoms with van der Waals surface area (Å²) < 4.78 is 83.2. The SMILES string of the molecule is O=C1N[C@](Nc2nc3ccc(OC(F)(F)F)cc3s2)(C(F)(F)F)C(=O)N1Cc1cccnc1. The molecular formula is C18H11F6N5O3S. The summed E-state index contributed by atoms with van der Waals surface area (Å²) in [6.07, 6.45) is -7.55. The van der Waals surface area contributed by atoms with E-state index >= 15 is 0 Å². The molecule has 2 N–H and O–H groups in total. The number of halogens is 6. The second kappa shape index (κ2) is 7.75. The molecule has 0 radical (unpaired) electrons. The average molecular weight is 491 g/mol. The number of urea groups is 1. The van der Waals surface area contributed by atoms with E-state index in [0.29, 0.717) is 21.8 Å². The zero-order valence-corrected chi connectivity index (χ0v) is 16.8. The molecule has 0 unspecified atom stereocenters. The van der Waals surface area contributed by atoms with Gasteiger partial charge in [0.05, 0.1) is 16.8 Å². The van der Waals surface area contributed by atoms with Crippen molar-refractivity contribution in [2.75, 3.05) is 5.32 Å². The Balaban J connectivity index is 1.65. The number of benzene rings is 1. The van der Waals surface area contributed by atoms with E-state index in [2.05, 4.69) is 14.7 Å². The Bertz CT molecular complexity index is 1220. The number of carbonyl (C=O) groups excluding carboxylic acids is 2. The quantitative estimate of drug-likeness (QED) is 0.414. The molecule has 3 aromatic rings. The first-order valence-electron chi connectivity index (χ1n) is 8.92. The summed E-state index contributed by atoms with van der Waals surface area (Å²) in [4.78, 5) is 33.1. The Morgan fingerprint density at radius 1 is 1.15 bits per heavy atom. The lowest BCUT2D eigenvalue weighted by atomic mass is 10.1. The zero-order chi connectivity index (χ0) is 24.0. The molecular weight excluding hydrogens is 480 g/mol. The molecule has 8 nitrogen and oxygen atoms in total. The van der Waals surface area contributed by atoms with Crippen LogP contribution >= 0.6 is 11.3 Å². The smallest absolute Gasteiger partial charge is 0.406 e. The third kappa shape index (κ3) is 4.35. The number of nitrogens with zero attached hydrogens (tertiary/aromatic N) is 3. The molecule has 1 fully saturated rings. The van der Waals surface area contributed by atoms with E-state index in [1.54, 1.807) is 5.32 Å². The summed E-state index contributed by atoms with van der Waals surface area (Å²) in [6, 6.07) is 4.66. The van der Waals surface area contributed by atoms with Crippen LogP contribution in [0.4, 0.5) is 36.3 Å². The number of hydrogen-bond acceptors (Lipinski definition) is 7. The average Bonchev–Trinajstić information content (AvgIpc) is 3.21. The summed E-state index contributed by atoms with van der Waals surface area (Å²) in [6.45, 7) is -0.462. The number of carbonyl (C=O) groups is 2. The van der Waals surface area contributed by atoms with Crippen molar-refractivity contribution < 1.29 is 40.7 Å². The van der Waals surface area contributed by atoms with Crippen molar-refractivity contribution in [3.05, 3.63) is 48.3 Å². The van der Waals surface area contributed by atoms with Crippen LogP contribution in [0.25, 0.3) is 10.2 Å². The molecule has 0 saturated carbocycles. The number of alkyl halides is 6. The van der Waals surface area contributed by atoms with Crippen molar-refractivity contribution in [1.29, 1.82) is 0 Å². The highest BCUT2D eigenvalue weighted by molar-refractivity contribution is 7.22. The van der Waals surface area contributed by atoms with E-state index in [1.165, 1.54) is 24.5 Å². The van der Waals surface area contributed by atoms with Gasteiger partial charge in [-0.15, -0.1) is 13.2 Å². The lowest BCUT2D eigenvalue weighted by Crippen LogP contribution is -2.64. The maximum atomic E-state index is 14.0. The van der Waals surface area contributed by atoms with Crippen LogP contribution in [0.5, 0.6) is 5.75 Å².